The Morgan fingerprint density at radius 2 is 2.00 bits per heavy atom. The highest BCUT2D eigenvalue weighted by molar-refractivity contribution is 5.88. The van der Waals surface area contributed by atoms with Gasteiger partial charge in [0.05, 0.1) is 7.11 Å². The lowest BCUT2D eigenvalue weighted by molar-refractivity contribution is -0.141. The highest BCUT2D eigenvalue weighted by Gasteiger charge is 2.22. The molecule has 0 aliphatic rings. The molecule has 0 aliphatic heterocycles. The third-order valence-corrected chi connectivity index (χ3v) is 2.02. The highest BCUT2D eigenvalue weighted by Crippen LogP contribution is 2.02. The molecule has 0 aromatic rings. The number of hydrogen-bond donors (Lipinski definition) is 2. The van der Waals surface area contributed by atoms with Gasteiger partial charge in [-0.1, -0.05) is 13.3 Å². The minimum absolute atomic E-state index is 0.175. The first-order valence-electron chi connectivity index (χ1n) is 5.10. The number of ether oxygens (including phenoxy) is 1. The van der Waals surface area contributed by atoms with Crippen LogP contribution in [0.3, 0.4) is 0 Å². The van der Waals surface area contributed by atoms with Gasteiger partial charge in [0.1, 0.15) is 11.8 Å². The summed E-state index contributed by atoms with van der Waals surface area (Å²) in [5.41, 5.74) is 0. The van der Waals surface area contributed by atoms with Gasteiger partial charge in [-0.25, -0.2) is 9.59 Å². The average molecular weight is 231 g/mol. The van der Waals surface area contributed by atoms with Gasteiger partial charge in [0, 0.05) is 12.8 Å². The van der Waals surface area contributed by atoms with Crippen LogP contribution in [-0.4, -0.2) is 36.1 Å². The van der Waals surface area contributed by atoms with Crippen LogP contribution >= 0.6 is 0 Å². The summed E-state index contributed by atoms with van der Waals surface area (Å²) in [6.45, 7) is 1.94. The molecule has 0 radical (unpaired) electrons. The summed E-state index contributed by atoms with van der Waals surface area (Å²) in [6, 6.07) is -1.21. The fraction of sp³-hybridized carbons (Fsp3) is 0.700. The third-order valence-electron chi connectivity index (χ3n) is 2.02. The number of amides is 1. The summed E-state index contributed by atoms with van der Waals surface area (Å²) in [4.78, 5) is 32.9. The van der Waals surface area contributed by atoms with Crippen LogP contribution in [-0.2, 0) is 14.3 Å². The normalized spacial score (nSPS) is 11.6. The number of carbonyl (C=O) groups is 3. The molecule has 0 fully saturated rings. The number of nitrogens with one attached hydrogen (secondary N) is 1. The van der Waals surface area contributed by atoms with Gasteiger partial charge >= 0.3 is 12.1 Å². The molecule has 92 valence electrons. The maximum Gasteiger partial charge on any atom is 0.407 e. The van der Waals surface area contributed by atoms with Crippen molar-refractivity contribution in [2.24, 2.45) is 0 Å². The summed E-state index contributed by atoms with van der Waals surface area (Å²) in [5.74, 6) is -1.42. The van der Waals surface area contributed by atoms with E-state index in [1.165, 1.54) is 0 Å². The second-order valence-electron chi connectivity index (χ2n) is 3.37. The van der Waals surface area contributed by atoms with Gasteiger partial charge < -0.3 is 15.2 Å². The maximum absolute atomic E-state index is 11.3. The molecule has 0 spiro atoms. The summed E-state index contributed by atoms with van der Waals surface area (Å²) in [7, 11) is 1.13. The summed E-state index contributed by atoms with van der Waals surface area (Å²) in [5, 5.41) is 10.9. The van der Waals surface area contributed by atoms with Crippen LogP contribution in [0.15, 0.2) is 0 Å². The molecule has 6 heteroatoms. The number of aliphatic carboxylic acids is 1. The zero-order valence-electron chi connectivity index (χ0n) is 9.49. The van der Waals surface area contributed by atoms with E-state index in [1.807, 2.05) is 6.92 Å². The fourth-order valence-electron chi connectivity index (χ4n) is 1.10. The van der Waals surface area contributed by atoms with Gasteiger partial charge in [-0.15, -0.1) is 0 Å². The molecule has 0 saturated heterocycles. The molecule has 6 nitrogen and oxygen atoms in total. The molecule has 0 aliphatic carbocycles. The predicted molar refractivity (Wildman–Crippen MR) is 56.1 cm³/mol. The second kappa shape index (κ2) is 7.67. The molecule has 0 aromatic heterocycles. The van der Waals surface area contributed by atoms with Crippen LogP contribution in [0.4, 0.5) is 4.79 Å². The van der Waals surface area contributed by atoms with E-state index in [2.05, 4.69) is 10.1 Å². The second-order valence-corrected chi connectivity index (χ2v) is 3.37. The van der Waals surface area contributed by atoms with Crippen LogP contribution in [0.25, 0.3) is 0 Å². The molecule has 0 aromatic carbocycles. The predicted octanol–water partition coefficient (Wildman–Crippen LogP) is 0.945. The Morgan fingerprint density at radius 3 is 2.44 bits per heavy atom. The Kier molecular flexibility index (Phi) is 6.91. The van der Waals surface area contributed by atoms with E-state index >= 15 is 0 Å². The minimum Gasteiger partial charge on any atom is -0.480 e. The monoisotopic (exact) mass is 231 g/mol. The number of carboxylic acid groups (broad SMARTS) is 1. The molecule has 0 rings (SSSR count). The molecule has 0 saturated carbocycles. The van der Waals surface area contributed by atoms with Crippen molar-refractivity contribution in [1.82, 2.24) is 5.32 Å². The van der Waals surface area contributed by atoms with Crippen LogP contribution in [0.5, 0.6) is 0 Å². The standard InChI is InChI=1S/C10H17NO5/c1-3-4-5-7(12)6-8(9(13)14)11-10(15)16-2/h8H,3-6H2,1-2H3,(H,11,15)(H,13,14). The number of unbranched alkanes of at least 4 members (excludes halogenated alkanes) is 1. The molecule has 0 heterocycles. The topological polar surface area (TPSA) is 92.7 Å². The summed E-state index contributed by atoms with van der Waals surface area (Å²) < 4.78 is 4.27. The van der Waals surface area contributed by atoms with Crippen molar-refractivity contribution < 1.29 is 24.2 Å². The lowest BCUT2D eigenvalue weighted by atomic mass is 10.1. The summed E-state index contributed by atoms with van der Waals surface area (Å²) >= 11 is 0. The van der Waals surface area contributed by atoms with Gasteiger partial charge in [0.15, 0.2) is 0 Å². The number of methoxy groups -OCH3 is 1. The average Bonchev–Trinajstić information content (AvgIpc) is 2.24. The number of hydrogen-bond acceptors (Lipinski definition) is 4. The SMILES string of the molecule is CCCCC(=O)CC(NC(=O)OC)C(=O)O. The van der Waals surface area contributed by atoms with E-state index in [0.717, 1.165) is 20.0 Å². The van der Waals surface area contributed by atoms with Gasteiger partial charge in [0.25, 0.3) is 0 Å². The van der Waals surface area contributed by atoms with Crippen molar-refractivity contribution in [3.8, 4) is 0 Å². The first-order chi connectivity index (χ1) is 7.51. The van der Waals surface area contributed by atoms with Gasteiger partial charge in [0.2, 0.25) is 0 Å². The fourth-order valence-corrected chi connectivity index (χ4v) is 1.10. The number of Topliss-reactive ketones (excluding diaryl/α,β-unsaturated/α-hetero) is 1. The number of ketones is 1. The van der Waals surface area contributed by atoms with Crippen molar-refractivity contribution in [2.45, 2.75) is 38.6 Å². The number of carbonyl (C=O) groups excluding carboxylic acids is 2. The Labute approximate surface area is 94.0 Å². The zero-order valence-corrected chi connectivity index (χ0v) is 9.49. The Hall–Kier alpha value is -1.59. The first-order valence-corrected chi connectivity index (χ1v) is 5.10. The smallest absolute Gasteiger partial charge is 0.407 e. The minimum atomic E-state index is -1.24. The van der Waals surface area contributed by atoms with Crippen molar-refractivity contribution in [2.75, 3.05) is 7.11 Å². The van der Waals surface area contributed by atoms with E-state index in [4.69, 9.17) is 5.11 Å². The number of alkyl carbamates (subject to hydrolysis) is 1. The largest absolute Gasteiger partial charge is 0.480 e. The Morgan fingerprint density at radius 1 is 1.38 bits per heavy atom. The van der Waals surface area contributed by atoms with Gasteiger partial charge in [-0.3, -0.25) is 4.79 Å². The lowest BCUT2D eigenvalue weighted by Gasteiger charge is -2.12. The molecular formula is C10H17NO5. The number of carboxylic acids is 1. The Balaban J connectivity index is 4.17. The van der Waals surface area contributed by atoms with Crippen LogP contribution in [0, 0.1) is 0 Å². The highest BCUT2D eigenvalue weighted by atomic mass is 16.5. The molecule has 2 N–H and O–H groups in total. The van der Waals surface area contributed by atoms with Gasteiger partial charge in [-0.2, -0.15) is 0 Å². The van der Waals surface area contributed by atoms with E-state index in [1.54, 1.807) is 0 Å². The van der Waals surface area contributed by atoms with E-state index in [9.17, 15) is 14.4 Å². The molecule has 1 atom stereocenters. The maximum atomic E-state index is 11.3. The van der Waals surface area contributed by atoms with Crippen LogP contribution in [0.1, 0.15) is 32.6 Å². The van der Waals surface area contributed by atoms with Crippen LogP contribution < -0.4 is 5.32 Å². The molecular weight excluding hydrogens is 214 g/mol. The van der Waals surface area contributed by atoms with Gasteiger partial charge in [-0.05, 0) is 6.42 Å². The molecule has 16 heavy (non-hydrogen) atoms. The van der Waals surface area contributed by atoms with Crippen molar-refractivity contribution in [3.05, 3.63) is 0 Å². The molecule has 1 unspecified atom stereocenters. The van der Waals surface area contributed by atoms with Crippen molar-refractivity contribution >= 4 is 17.8 Å². The summed E-state index contributed by atoms with van der Waals surface area (Å²) in [6.07, 6.45) is 0.876. The third kappa shape index (κ3) is 6.00. The quantitative estimate of drug-likeness (QED) is 0.680. The zero-order chi connectivity index (χ0) is 12.6. The van der Waals surface area contributed by atoms with Crippen LogP contribution in [0.2, 0.25) is 0 Å². The first kappa shape index (κ1) is 14.4. The van der Waals surface area contributed by atoms with Crippen molar-refractivity contribution in [3.63, 3.8) is 0 Å². The molecule has 0 bridgehead atoms. The lowest BCUT2D eigenvalue weighted by Crippen LogP contribution is -2.42. The molecule has 1 amide bonds. The van der Waals surface area contributed by atoms with Crippen molar-refractivity contribution in [1.29, 1.82) is 0 Å². The van der Waals surface area contributed by atoms with E-state index in [-0.39, 0.29) is 12.2 Å². The number of rotatable bonds is 7. The Bertz CT molecular complexity index is 264. The van der Waals surface area contributed by atoms with E-state index in [0.29, 0.717) is 6.42 Å². The van der Waals surface area contributed by atoms with E-state index < -0.39 is 18.1 Å².